The Hall–Kier alpha value is -2.93. The highest BCUT2D eigenvalue weighted by molar-refractivity contribution is 5.49. The molecule has 2 N–H and O–H groups in total. The summed E-state index contributed by atoms with van der Waals surface area (Å²) < 4.78 is 13.7. The maximum atomic E-state index is 6.39. The summed E-state index contributed by atoms with van der Waals surface area (Å²) in [6.45, 7) is 0. The monoisotopic (exact) mass is 405 g/mol. The van der Waals surface area contributed by atoms with Crippen molar-refractivity contribution in [3.05, 3.63) is 59.8 Å². The van der Waals surface area contributed by atoms with Gasteiger partial charge in [-0.1, -0.05) is 6.07 Å². The first-order valence-corrected chi connectivity index (χ1v) is 10.7. The molecule has 0 spiro atoms. The second kappa shape index (κ2) is 8.07. The van der Waals surface area contributed by atoms with E-state index < -0.39 is 0 Å². The lowest BCUT2D eigenvalue weighted by Gasteiger charge is -2.28. The Bertz CT molecular complexity index is 1010. The maximum Gasteiger partial charge on any atom is 0.213 e. The quantitative estimate of drug-likeness (QED) is 0.717. The first-order chi connectivity index (χ1) is 14.7. The third-order valence-electron chi connectivity index (χ3n) is 6.17. The van der Waals surface area contributed by atoms with Crippen LogP contribution in [0.4, 0.5) is 0 Å². The Morgan fingerprint density at radius 3 is 2.67 bits per heavy atom. The fourth-order valence-electron chi connectivity index (χ4n) is 4.68. The number of hydrogen-bond donors (Lipinski definition) is 1. The van der Waals surface area contributed by atoms with Gasteiger partial charge in [-0.3, -0.25) is 4.57 Å². The van der Waals surface area contributed by atoms with Gasteiger partial charge in [0.05, 0.1) is 12.8 Å². The molecule has 1 aliphatic heterocycles. The summed E-state index contributed by atoms with van der Waals surface area (Å²) in [6, 6.07) is 12.0. The third-order valence-corrected chi connectivity index (χ3v) is 6.17. The average molecular weight is 406 g/mol. The zero-order valence-electron chi connectivity index (χ0n) is 17.2. The Kier molecular flexibility index (Phi) is 5.12. The molecular weight excluding hydrogens is 378 g/mol. The van der Waals surface area contributed by atoms with Crippen LogP contribution < -0.4 is 15.2 Å². The van der Waals surface area contributed by atoms with E-state index in [9.17, 15) is 0 Å². The number of methoxy groups -OCH3 is 1. The Balaban J connectivity index is 1.39. The molecule has 2 aliphatic rings. The summed E-state index contributed by atoms with van der Waals surface area (Å²) in [6.07, 6.45) is 7.51. The molecule has 1 atom stereocenters. The van der Waals surface area contributed by atoms with Crippen molar-refractivity contribution in [2.75, 3.05) is 7.11 Å². The van der Waals surface area contributed by atoms with E-state index in [0.29, 0.717) is 11.8 Å². The Labute approximate surface area is 176 Å². The van der Waals surface area contributed by atoms with Crippen molar-refractivity contribution < 1.29 is 9.47 Å². The molecule has 7 heteroatoms. The molecule has 1 unspecified atom stereocenters. The van der Waals surface area contributed by atoms with Crippen LogP contribution in [0.15, 0.2) is 42.6 Å². The van der Waals surface area contributed by atoms with E-state index in [4.69, 9.17) is 15.2 Å². The second-order valence-electron chi connectivity index (χ2n) is 8.23. The van der Waals surface area contributed by atoms with Crippen molar-refractivity contribution in [2.24, 2.45) is 5.73 Å². The van der Waals surface area contributed by atoms with Crippen molar-refractivity contribution in [2.45, 2.75) is 56.6 Å². The van der Waals surface area contributed by atoms with Crippen LogP contribution in [0.1, 0.15) is 48.8 Å². The minimum Gasteiger partial charge on any atom is -0.497 e. The van der Waals surface area contributed by atoms with Gasteiger partial charge in [0.1, 0.15) is 23.5 Å². The molecule has 2 aromatic heterocycles. The molecule has 156 valence electrons. The first-order valence-electron chi connectivity index (χ1n) is 10.7. The summed E-state index contributed by atoms with van der Waals surface area (Å²) >= 11 is 0. The number of ether oxygens (including phenoxy) is 2. The molecule has 1 fully saturated rings. The summed E-state index contributed by atoms with van der Waals surface area (Å²) in [5, 5.41) is 9.15. The molecule has 0 radical (unpaired) electrons. The van der Waals surface area contributed by atoms with E-state index in [1.165, 1.54) is 5.56 Å². The third kappa shape index (κ3) is 3.65. The molecule has 3 heterocycles. The van der Waals surface area contributed by atoms with Crippen LogP contribution in [0.2, 0.25) is 0 Å². The van der Waals surface area contributed by atoms with Crippen LogP contribution in [0.25, 0.3) is 5.69 Å². The zero-order chi connectivity index (χ0) is 20.5. The number of benzene rings is 1. The van der Waals surface area contributed by atoms with Crippen molar-refractivity contribution >= 4 is 0 Å². The minimum absolute atomic E-state index is 0.0247. The SMILES string of the molecule is COc1ccc2c(c1)CC(N)Cc1nnc(C3CCC(Oc4ccccn4)CC3)n1-2. The van der Waals surface area contributed by atoms with E-state index in [2.05, 4.69) is 31.9 Å². The lowest BCUT2D eigenvalue weighted by Crippen LogP contribution is -2.25. The van der Waals surface area contributed by atoms with Gasteiger partial charge in [-0.05, 0) is 61.9 Å². The lowest BCUT2D eigenvalue weighted by atomic mass is 9.86. The van der Waals surface area contributed by atoms with E-state index in [0.717, 1.165) is 61.6 Å². The van der Waals surface area contributed by atoms with Gasteiger partial charge in [0.2, 0.25) is 5.88 Å². The van der Waals surface area contributed by atoms with E-state index in [1.807, 2.05) is 24.3 Å². The second-order valence-corrected chi connectivity index (χ2v) is 8.23. The Morgan fingerprint density at radius 1 is 1.03 bits per heavy atom. The van der Waals surface area contributed by atoms with Gasteiger partial charge in [0.15, 0.2) is 0 Å². The zero-order valence-corrected chi connectivity index (χ0v) is 17.2. The van der Waals surface area contributed by atoms with E-state index >= 15 is 0 Å². The number of pyridine rings is 1. The van der Waals surface area contributed by atoms with Crippen LogP contribution in [-0.2, 0) is 12.8 Å². The molecule has 30 heavy (non-hydrogen) atoms. The molecule has 1 saturated carbocycles. The predicted octanol–water partition coefficient (Wildman–Crippen LogP) is 3.20. The van der Waals surface area contributed by atoms with Gasteiger partial charge in [-0.25, -0.2) is 4.98 Å². The van der Waals surface area contributed by atoms with Crippen molar-refractivity contribution in [3.63, 3.8) is 0 Å². The fraction of sp³-hybridized carbons (Fsp3) is 0.435. The van der Waals surface area contributed by atoms with Gasteiger partial charge in [0, 0.05) is 30.6 Å². The molecule has 0 saturated heterocycles. The molecular formula is C23H27N5O2. The number of fused-ring (bicyclic) bond motifs is 3. The standard InChI is InChI=1S/C23H27N5O2/c1-29-19-9-10-20-16(13-19)12-17(24)14-21-26-27-23(28(20)21)15-5-7-18(8-6-15)30-22-4-2-3-11-25-22/h2-4,9-11,13,15,17-18H,5-8,12,14,24H2,1H3. The molecule has 1 aromatic carbocycles. The van der Waals surface area contributed by atoms with Gasteiger partial charge in [-0.15, -0.1) is 10.2 Å². The summed E-state index contributed by atoms with van der Waals surface area (Å²) in [4.78, 5) is 4.29. The normalized spacial score (nSPS) is 23.2. The summed E-state index contributed by atoms with van der Waals surface area (Å²) in [7, 11) is 1.69. The minimum atomic E-state index is 0.0247. The van der Waals surface area contributed by atoms with Crippen LogP contribution in [0.3, 0.4) is 0 Å². The number of nitrogens with zero attached hydrogens (tertiary/aromatic N) is 4. The average Bonchev–Trinajstić information content (AvgIpc) is 3.11. The van der Waals surface area contributed by atoms with Gasteiger partial charge < -0.3 is 15.2 Å². The van der Waals surface area contributed by atoms with Crippen LogP contribution >= 0.6 is 0 Å². The molecule has 5 rings (SSSR count). The van der Waals surface area contributed by atoms with Crippen LogP contribution in [0, 0.1) is 0 Å². The topological polar surface area (TPSA) is 88.1 Å². The van der Waals surface area contributed by atoms with Crippen molar-refractivity contribution in [3.8, 4) is 17.3 Å². The molecule has 7 nitrogen and oxygen atoms in total. The van der Waals surface area contributed by atoms with Gasteiger partial charge in [-0.2, -0.15) is 0 Å². The highest BCUT2D eigenvalue weighted by Gasteiger charge is 2.31. The summed E-state index contributed by atoms with van der Waals surface area (Å²) in [5.41, 5.74) is 8.71. The van der Waals surface area contributed by atoms with Crippen LogP contribution in [0.5, 0.6) is 11.6 Å². The van der Waals surface area contributed by atoms with E-state index in [1.54, 1.807) is 13.3 Å². The number of aromatic nitrogens is 4. The fourth-order valence-corrected chi connectivity index (χ4v) is 4.68. The van der Waals surface area contributed by atoms with Crippen LogP contribution in [-0.4, -0.2) is 39.0 Å². The van der Waals surface area contributed by atoms with Crippen molar-refractivity contribution in [1.29, 1.82) is 0 Å². The van der Waals surface area contributed by atoms with Crippen molar-refractivity contribution in [1.82, 2.24) is 19.7 Å². The molecule has 1 aliphatic carbocycles. The maximum absolute atomic E-state index is 6.39. The van der Waals surface area contributed by atoms with Gasteiger partial charge in [0.25, 0.3) is 0 Å². The highest BCUT2D eigenvalue weighted by Crippen LogP contribution is 2.37. The molecule has 0 bridgehead atoms. The number of rotatable bonds is 4. The number of hydrogen-bond acceptors (Lipinski definition) is 6. The highest BCUT2D eigenvalue weighted by atomic mass is 16.5. The largest absolute Gasteiger partial charge is 0.497 e. The first kappa shape index (κ1) is 19.1. The summed E-state index contributed by atoms with van der Waals surface area (Å²) in [5.74, 6) is 3.91. The molecule has 3 aromatic rings. The molecule has 0 amide bonds. The smallest absolute Gasteiger partial charge is 0.213 e. The Morgan fingerprint density at radius 2 is 1.90 bits per heavy atom. The lowest BCUT2D eigenvalue weighted by molar-refractivity contribution is 0.139. The van der Waals surface area contributed by atoms with Gasteiger partial charge >= 0.3 is 0 Å². The number of nitrogens with two attached hydrogens (primary N) is 1. The predicted molar refractivity (Wildman–Crippen MR) is 113 cm³/mol. The van der Waals surface area contributed by atoms with E-state index in [-0.39, 0.29) is 12.1 Å².